The highest BCUT2D eigenvalue weighted by atomic mass is 19.1. The fourth-order valence-electron chi connectivity index (χ4n) is 3.40. The predicted octanol–water partition coefficient (Wildman–Crippen LogP) is 2.41. The maximum absolute atomic E-state index is 14.6. The summed E-state index contributed by atoms with van der Waals surface area (Å²) in [6.07, 6.45) is 1.74. The van der Waals surface area contributed by atoms with Crippen LogP contribution >= 0.6 is 0 Å². The fraction of sp³-hybridized carbons (Fsp3) is 0.222. The van der Waals surface area contributed by atoms with Crippen LogP contribution in [0.4, 0.5) is 18.9 Å². The summed E-state index contributed by atoms with van der Waals surface area (Å²) in [7, 11) is 0. The zero-order valence-corrected chi connectivity index (χ0v) is 14.0. The van der Waals surface area contributed by atoms with Crippen molar-refractivity contribution in [2.24, 2.45) is 0 Å². The molecule has 2 heterocycles. The van der Waals surface area contributed by atoms with Crippen LogP contribution in [0.2, 0.25) is 0 Å². The first kappa shape index (κ1) is 17.2. The summed E-state index contributed by atoms with van der Waals surface area (Å²) < 4.78 is 42.6. The van der Waals surface area contributed by atoms with Crippen molar-refractivity contribution in [2.45, 2.75) is 12.8 Å². The molecule has 1 saturated heterocycles. The molecule has 9 heteroatoms. The quantitative estimate of drug-likeness (QED) is 0.697. The number of benzene rings is 2. The Morgan fingerprint density at radius 1 is 0.889 bits per heavy atom. The number of halogens is 3. The van der Waals surface area contributed by atoms with Gasteiger partial charge in [0.1, 0.15) is 17.5 Å². The van der Waals surface area contributed by atoms with Gasteiger partial charge in [-0.3, -0.25) is 9.36 Å². The first-order valence-electron chi connectivity index (χ1n) is 8.29. The van der Waals surface area contributed by atoms with Crippen molar-refractivity contribution in [1.82, 2.24) is 9.30 Å². The zero-order valence-electron chi connectivity index (χ0n) is 14.0. The van der Waals surface area contributed by atoms with Crippen molar-refractivity contribution in [2.75, 3.05) is 18.0 Å². The third-order valence-electron chi connectivity index (χ3n) is 4.70. The third kappa shape index (κ3) is 2.66. The van der Waals surface area contributed by atoms with Gasteiger partial charge in [0, 0.05) is 19.2 Å². The highest BCUT2D eigenvalue weighted by Gasteiger charge is 2.22. The fourth-order valence-corrected chi connectivity index (χ4v) is 3.40. The van der Waals surface area contributed by atoms with Gasteiger partial charge in [-0.15, -0.1) is 0 Å². The molecule has 1 N–H and O–H groups in total. The first-order chi connectivity index (χ1) is 12.9. The largest absolute Gasteiger partial charge is 0.421 e. The van der Waals surface area contributed by atoms with E-state index in [0.29, 0.717) is 19.2 Å². The van der Waals surface area contributed by atoms with Gasteiger partial charge in [-0.2, -0.15) is 0 Å². The molecular weight excluding hydrogens is 363 g/mol. The van der Waals surface area contributed by atoms with Gasteiger partial charge >= 0.3 is 5.69 Å². The Labute approximate surface area is 150 Å². The number of aromatic nitrogens is 2. The van der Waals surface area contributed by atoms with Crippen LogP contribution < -0.4 is 16.1 Å². The molecule has 2 aromatic carbocycles. The lowest BCUT2D eigenvalue weighted by molar-refractivity contribution is 0.160. The van der Waals surface area contributed by atoms with Crippen molar-refractivity contribution < 1.29 is 18.4 Å². The minimum atomic E-state index is -1.24. The van der Waals surface area contributed by atoms with Gasteiger partial charge in [0.2, 0.25) is 0 Å². The standard InChI is InChI=1S/C18H14F3N3O3/c19-10-3-4-14(12(20)7-10)23-15-9-16(22-5-1-2-6-22)13(21)8-11(15)17(25)24(27)18(23)26/h3-4,7-9,27H,1-2,5-6H2. The molecule has 6 nitrogen and oxygen atoms in total. The normalized spacial score (nSPS) is 14.3. The Kier molecular flexibility index (Phi) is 3.94. The molecular formula is C18H14F3N3O3. The van der Waals surface area contributed by atoms with Crippen LogP contribution in [-0.4, -0.2) is 27.6 Å². The predicted molar refractivity (Wildman–Crippen MR) is 92.3 cm³/mol. The Balaban J connectivity index is 2.11. The van der Waals surface area contributed by atoms with E-state index in [1.165, 1.54) is 6.07 Å². The summed E-state index contributed by atoms with van der Waals surface area (Å²) in [6, 6.07) is 4.71. The van der Waals surface area contributed by atoms with Crippen LogP contribution in [0.5, 0.6) is 0 Å². The van der Waals surface area contributed by atoms with Crippen LogP contribution in [0, 0.1) is 17.5 Å². The lowest BCUT2D eigenvalue weighted by atomic mass is 10.1. The molecule has 1 aliphatic heterocycles. The molecule has 0 unspecified atom stereocenters. The Morgan fingerprint density at radius 3 is 2.22 bits per heavy atom. The molecule has 0 spiro atoms. The summed E-state index contributed by atoms with van der Waals surface area (Å²) in [5.74, 6) is -2.61. The summed E-state index contributed by atoms with van der Waals surface area (Å²) in [5.41, 5.74) is -2.64. The monoisotopic (exact) mass is 377 g/mol. The molecule has 4 rings (SSSR count). The second-order valence-electron chi connectivity index (χ2n) is 6.35. The number of hydrogen-bond donors (Lipinski definition) is 1. The maximum atomic E-state index is 14.6. The lowest BCUT2D eigenvalue weighted by Crippen LogP contribution is -2.38. The van der Waals surface area contributed by atoms with Gasteiger partial charge in [0.25, 0.3) is 5.56 Å². The number of hydrogen-bond acceptors (Lipinski definition) is 4. The number of fused-ring (bicyclic) bond motifs is 1. The van der Waals surface area contributed by atoms with E-state index in [9.17, 15) is 28.0 Å². The minimum absolute atomic E-state index is 0.0795. The van der Waals surface area contributed by atoms with Crippen LogP contribution in [0.3, 0.4) is 0 Å². The molecule has 0 atom stereocenters. The highest BCUT2D eigenvalue weighted by Crippen LogP contribution is 2.28. The average molecular weight is 377 g/mol. The van der Waals surface area contributed by atoms with Gasteiger partial charge < -0.3 is 10.1 Å². The molecule has 0 bridgehead atoms. The molecule has 0 amide bonds. The highest BCUT2D eigenvalue weighted by molar-refractivity contribution is 5.84. The summed E-state index contributed by atoms with van der Waals surface area (Å²) in [6.45, 7) is 1.21. The third-order valence-corrected chi connectivity index (χ3v) is 4.70. The minimum Gasteiger partial charge on any atom is -0.421 e. The van der Waals surface area contributed by atoms with Gasteiger partial charge in [0.15, 0.2) is 0 Å². The molecule has 0 aliphatic carbocycles. The Bertz CT molecular complexity index is 1180. The molecule has 1 fully saturated rings. The molecule has 0 radical (unpaired) electrons. The zero-order chi connectivity index (χ0) is 19.3. The van der Waals surface area contributed by atoms with E-state index >= 15 is 0 Å². The summed E-state index contributed by atoms with van der Waals surface area (Å²) >= 11 is 0. The molecule has 3 aromatic rings. The Hall–Kier alpha value is -3.23. The van der Waals surface area contributed by atoms with E-state index < -0.39 is 28.7 Å². The van der Waals surface area contributed by atoms with Crippen LogP contribution in [0.15, 0.2) is 39.9 Å². The molecule has 27 heavy (non-hydrogen) atoms. The van der Waals surface area contributed by atoms with Crippen molar-refractivity contribution >= 4 is 16.6 Å². The second-order valence-corrected chi connectivity index (χ2v) is 6.35. The van der Waals surface area contributed by atoms with Gasteiger partial charge in [-0.05, 0) is 37.1 Å². The van der Waals surface area contributed by atoms with E-state index in [4.69, 9.17) is 0 Å². The summed E-state index contributed by atoms with van der Waals surface area (Å²) in [5, 5.41) is 9.50. The first-order valence-corrected chi connectivity index (χ1v) is 8.29. The van der Waals surface area contributed by atoms with Gasteiger partial charge in [-0.1, -0.05) is 4.73 Å². The SMILES string of the molecule is O=c1c2cc(F)c(N3CCCC3)cc2n(-c2ccc(F)cc2F)c(=O)n1O. The second kappa shape index (κ2) is 6.19. The van der Waals surface area contributed by atoms with Crippen LogP contribution in [0.1, 0.15) is 12.8 Å². The number of anilines is 1. The van der Waals surface area contributed by atoms with E-state index in [0.717, 1.165) is 35.6 Å². The molecule has 1 aliphatic rings. The van der Waals surface area contributed by atoms with E-state index in [1.54, 1.807) is 4.90 Å². The van der Waals surface area contributed by atoms with Crippen molar-refractivity contribution in [3.63, 3.8) is 0 Å². The lowest BCUT2D eigenvalue weighted by Gasteiger charge is -2.20. The van der Waals surface area contributed by atoms with E-state index in [-0.39, 0.29) is 27.0 Å². The van der Waals surface area contributed by atoms with Crippen molar-refractivity contribution in [1.29, 1.82) is 0 Å². The summed E-state index contributed by atoms with van der Waals surface area (Å²) in [4.78, 5) is 26.4. The molecule has 0 saturated carbocycles. The maximum Gasteiger partial charge on any atom is 0.369 e. The smallest absolute Gasteiger partial charge is 0.369 e. The number of rotatable bonds is 2. The van der Waals surface area contributed by atoms with E-state index in [2.05, 4.69) is 0 Å². The van der Waals surface area contributed by atoms with E-state index in [1.807, 2.05) is 0 Å². The Morgan fingerprint density at radius 2 is 1.56 bits per heavy atom. The average Bonchev–Trinajstić information content (AvgIpc) is 3.16. The topological polar surface area (TPSA) is 67.5 Å². The number of nitrogens with zero attached hydrogens (tertiary/aromatic N) is 3. The molecule has 1 aromatic heterocycles. The van der Waals surface area contributed by atoms with Gasteiger partial charge in [-0.25, -0.2) is 18.0 Å². The van der Waals surface area contributed by atoms with Crippen molar-refractivity contribution in [3.8, 4) is 5.69 Å². The van der Waals surface area contributed by atoms with Crippen LogP contribution in [0.25, 0.3) is 16.6 Å². The van der Waals surface area contributed by atoms with Crippen LogP contribution in [-0.2, 0) is 0 Å². The van der Waals surface area contributed by atoms with Gasteiger partial charge in [0.05, 0.1) is 22.3 Å². The molecule has 140 valence electrons. The van der Waals surface area contributed by atoms with Crippen molar-refractivity contribution in [3.05, 3.63) is 68.6 Å².